The van der Waals surface area contributed by atoms with E-state index in [0.29, 0.717) is 11.5 Å². The number of carbonyl (C=O) groups excluding carboxylic acids is 1. The summed E-state index contributed by atoms with van der Waals surface area (Å²) in [6, 6.07) is 10.1. The van der Waals surface area contributed by atoms with Crippen molar-refractivity contribution in [3.05, 3.63) is 58.1 Å². The molecule has 1 heterocycles. The zero-order valence-electron chi connectivity index (χ0n) is 12.7. The van der Waals surface area contributed by atoms with Crippen LogP contribution in [0.25, 0.3) is 0 Å². The number of nitrogens with one attached hydrogen (secondary N) is 1. The van der Waals surface area contributed by atoms with Gasteiger partial charge in [0, 0.05) is 6.07 Å². The molecule has 0 unspecified atom stereocenters. The zero-order valence-corrected chi connectivity index (χ0v) is 12.7. The van der Waals surface area contributed by atoms with E-state index in [4.69, 9.17) is 9.47 Å². The number of nitro benzene ring substituents is 1. The fourth-order valence-corrected chi connectivity index (χ4v) is 2.19. The second-order valence-electron chi connectivity index (χ2n) is 5.08. The van der Waals surface area contributed by atoms with Crippen molar-refractivity contribution in [1.29, 1.82) is 0 Å². The Morgan fingerprint density at radius 3 is 2.80 bits per heavy atom. The number of hydrogen-bond acceptors (Lipinski definition) is 7. The molecule has 0 bridgehead atoms. The number of para-hydroxylation sites is 2. The third-order valence-electron chi connectivity index (χ3n) is 3.38. The summed E-state index contributed by atoms with van der Waals surface area (Å²) in [5.41, 5.74) is 1.92. The number of amides is 1. The number of hydrogen-bond donors (Lipinski definition) is 1. The van der Waals surface area contributed by atoms with Crippen molar-refractivity contribution in [2.75, 3.05) is 6.61 Å². The van der Waals surface area contributed by atoms with Gasteiger partial charge in [-0.1, -0.05) is 24.3 Å². The van der Waals surface area contributed by atoms with Gasteiger partial charge in [0.05, 0.1) is 16.7 Å². The summed E-state index contributed by atoms with van der Waals surface area (Å²) >= 11 is 0. The van der Waals surface area contributed by atoms with E-state index < -0.39 is 22.7 Å². The average Bonchev–Trinajstić information content (AvgIpc) is 2.61. The number of carbonyl (C=O) groups is 1. The molecule has 1 aliphatic heterocycles. The smallest absolute Gasteiger partial charge is 0.284 e. The molecule has 0 fully saturated rings. The number of hydrazone groups is 1. The van der Waals surface area contributed by atoms with E-state index >= 15 is 0 Å². The van der Waals surface area contributed by atoms with Crippen LogP contribution in [-0.4, -0.2) is 29.8 Å². The Bertz CT molecular complexity index is 852. The highest BCUT2D eigenvalue weighted by Gasteiger charge is 2.27. The molecule has 2 aromatic carbocycles. The molecule has 1 atom stereocenters. The Kier molecular flexibility index (Phi) is 4.46. The summed E-state index contributed by atoms with van der Waals surface area (Å²) in [6.45, 7) is 0.00849. The molecule has 0 saturated carbocycles. The second-order valence-corrected chi connectivity index (χ2v) is 5.08. The van der Waals surface area contributed by atoms with Gasteiger partial charge in [0.15, 0.2) is 11.5 Å². The SMILES string of the molecule is O=C(N/N=C\c1cc([O-])ccc1[N+](=O)[O-])[C@H]1COc2ccccc2O1. The predicted molar refractivity (Wildman–Crippen MR) is 84.6 cm³/mol. The van der Waals surface area contributed by atoms with Crippen LogP contribution in [0, 0.1) is 10.1 Å². The minimum Gasteiger partial charge on any atom is -0.872 e. The lowest BCUT2D eigenvalue weighted by Gasteiger charge is -2.24. The summed E-state index contributed by atoms with van der Waals surface area (Å²) in [7, 11) is 0. The van der Waals surface area contributed by atoms with Gasteiger partial charge in [-0.15, -0.1) is 5.75 Å². The highest BCUT2D eigenvalue weighted by atomic mass is 16.6. The van der Waals surface area contributed by atoms with Crippen LogP contribution in [0.1, 0.15) is 5.56 Å². The Balaban J connectivity index is 1.66. The molecule has 9 nitrogen and oxygen atoms in total. The highest BCUT2D eigenvalue weighted by Crippen LogP contribution is 2.30. The summed E-state index contributed by atoms with van der Waals surface area (Å²) < 4.78 is 10.9. The third-order valence-corrected chi connectivity index (χ3v) is 3.38. The molecular formula is C16H12N3O6-. The lowest BCUT2D eigenvalue weighted by atomic mass is 10.2. The summed E-state index contributed by atoms with van der Waals surface area (Å²) in [4.78, 5) is 22.3. The first-order valence-corrected chi connectivity index (χ1v) is 7.21. The predicted octanol–water partition coefficient (Wildman–Crippen LogP) is 0.958. The molecule has 0 aliphatic carbocycles. The molecule has 0 saturated heterocycles. The van der Waals surface area contributed by atoms with Crippen LogP contribution < -0.4 is 20.0 Å². The van der Waals surface area contributed by atoms with Crippen molar-refractivity contribution in [2.24, 2.45) is 5.10 Å². The Morgan fingerprint density at radius 1 is 1.28 bits per heavy atom. The van der Waals surface area contributed by atoms with Gasteiger partial charge >= 0.3 is 0 Å². The first-order valence-electron chi connectivity index (χ1n) is 7.21. The highest BCUT2D eigenvalue weighted by molar-refractivity contribution is 5.88. The van der Waals surface area contributed by atoms with E-state index in [1.165, 1.54) is 0 Å². The van der Waals surface area contributed by atoms with Gasteiger partial charge in [-0.05, 0) is 12.1 Å². The van der Waals surface area contributed by atoms with Gasteiger partial charge in [-0.2, -0.15) is 5.10 Å². The van der Waals surface area contributed by atoms with Crippen LogP contribution in [0.4, 0.5) is 5.69 Å². The molecular weight excluding hydrogens is 330 g/mol. The van der Waals surface area contributed by atoms with Crippen molar-refractivity contribution in [1.82, 2.24) is 5.43 Å². The fraction of sp³-hybridized carbons (Fsp3) is 0.125. The number of ether oxygens (including phenoxy) is 2. The zero-order chi connectivity index (χ0) is 17.8. The number of nitrogens with zero attached hydrogens (tertiary/aromatic N) is 2. The van der Waals surface area contributed by atoms with Crippen LogP contribution >= 0.6 is 0 Å². The maximum atomic E-state index is 12.1. The summed E-state index contributed by atoms with van der Waals surface area (Å²) in [5.74, 6) is -0.00353. The van der Waals surface area contributed by atoms with E-state index in [1.807, 2.05) is 0 Å². The van der Waals surface area contributed by atoms with E-state index in [2.05, 4.69) is 10.5 Å². The van der Waals surface area contributed by atoms with Crippen LogP contribution in [0.5, 0.6) is 17.2 Å². The lowest BCUT2D eigenvalue weighted by Crippen LogP contribution is -2.42. The third kappa shape index (κ3) is 3.66. The quantitative estimate of drug-likeness (QED) is 0.501. The van der Waals surface area contributed by atoms with Crippen LogP contribution in [0.15, 0.2) is 47.6 Å². The molecule has 0 radical (unpaired) electrons. The van der Waals surface area contributed by atoms with E-state index in [1.54, 1.807) is 24.3 Å². The van der Waals surface area contributed by atoms with Gasteiger partial charge in [0.25, 0.3) is 11.6 Å². The monoisotopic (exact) mass is 342 g/mol. The first-order chi connectivity index (χ1) is 12.0. The molecule has 9 heteroatoms. The largest absolute Gasteiger partial charge is 0.872 e. The Labute approximate surface area is 141 Å². The fourth-order valence-electron chi connectivity index (χ4n) is 2.19. The molecule has 3 rings (SSSR count). The Morgan fingerprint density at radius 2 is 2.04 bits per heavy atom. The average molecular weight is 342 g/mol. The molecule has 128 valence electrons. The van der Waals surface area contributed by atoms with Gasteiger partial charge in [0.1, 0.15) is 6.61 Å². The standard InChI is InChI=1S/C16H13N3O6/c20-11-5-6-12(19(22)23)10(7-11)8-17-18-16(21)15-9-24-13-3-1-2-4-14(13)25-15/h1-8,15,20H,9H2,(H,18,21)/p-1/b17-8-/t15-/m1/s1. The van der Waals surface area contributed by atoms with Gasteiger partial charge in [-0.25, -0.2) is 5.43 Å². The molecule has 1 aliphatic rings. The van der Waals surface area contributed by atoms with Crippen molar-refractivity contribution in [3.8, 4) is 17.2 Å². The van der Waals surface area contributed by atoms with Crippen molar-refractivity contribution in [3.63, 3.8) is 0 Å². The maximum absolute atomic E-state index is 12.1. The van der Waals surface area contributed by atoms with Crippen molar-refractivity contribution < 1.29 is 24.3 Å². The lowest BCUT2D eigenvalue weighted by molar-refractivity contribution is -0.385. The number of fused-ring (bicyclic) bond motifs is 1. The van der Waals surface area contributed by atoms with Crippen LogP contribution in [-0.2, 0) is 4.79 Å². The molecule has 1 N–H and O–H groups in total. The minimum absolute atomic E-state index is 0.00849. The first kappa shape index (κ1) is 16.2. The minimum atomic E-state index is -0.909. The van der Waals surface area contributed by atoms with Crippen molar-refractivity contribution in [2.45, 2.75) is 6.10 Å². The molecule has 2 aromatic rings. The molecule has 0 spiro atoms. The number of nitro groups is 1. The Hall–Kier alpha value is -3.62. The van der Waals surface area contributed by atoms with Crippen LogP contribution in [0.2, 0.25) is 0 Å². The van der Waals surface area contributed by atoms with E-state index in [9.17, 15) is 20.0 Å². The van der Waals surface area contributed by atoms with E-state index in [-0.39, 0.29) is 17.9 Å². The van der Waals surface area contributed by atoms with Crippen molar-refractivity contribution >= 4 is 17.8 Å². The van der Waals surface area contributed by atoms with E-state index in [0.717, 1.165) is 24.4 Å². The summed E-state index contributed by atoms with van der Waals surface area (Å²) in [6.07, 6.45) is 0.127. The maximum Gasteiger partial charge on any atom is 0.284 e. The van der Waals surface area contributed by atoms with Gasteiger partial charge in [0.2, 0.25) is 6.10 Å². The molecule has 25 heavy (non-hydrogen) atoms. The van der Waals surface area contributed by atoms with Gasteiger partial charge < -0.3 is 14.6 Å². The second kappa shape index (κ2) is 6.87. The van der Waals surface area contributed by atoms with Gasteiger partial charge in [-0.3, -0.25) is 14.9 Å². The number of rotatable bonds is 4. The number of benzene rings is 2. The molecule has 1 amide bonds. The normalized spacial score (nSPS) is 15.8. The summed E-state index contributed by atoms with van der Waals surface area (Å²) in [5, 5.41) is 25.9. The van der Waals surface area contributed by atoms with Crippen LogP contribution in [0.3, 0.4) is 0 Å². The molecule has 0 aromatic heterocycles. The topological polar surface area (TPSA) is 126 Å².